The highest BCUT2D eigenvalue weighted by molar-refractivity contribution is 7.91. The van der Waals surface area contributed by atoms with Crippen molar-refractivity contribution in [2.24, 2.45) is 0 Å². The Balaban J connectivity index is 0.00000220. The Labute approximate surface area is 131 Å². The van der Waals surface area contributed by atoms with E-state index in [1.54, 1.807) is 13.0 Å². The molecule has 1 aliphatic rings. The molecule has 1 amide bonds. The molecule has 1 saturated heterocycles. The number of para-hydroxylation sites is 1. The number of sulfone groups is 1. The fourth-order valence-electron chi connectivity index (χ4n) is 2.52. The molecule has 5 nitrogen and oxygen atoms in total. The predicted octanol–water partition coefficient (Wildman–Crippen LogP) is 1.32. The van der Waals surface area contributed by atoms with Crippen molar-refractivity contribution in [1.29, 1.82) is 0 Å². The van der Waals surface area contributed by atoms with E-state index < -0.39 is 15.4 Å². The van der Waals surface area contributed by atoms with Crippen LogP contribution < -0.4 is 11.1 Å². The number of carbonyl (C=O) groups is 1. The number of nitrogens with one attached hydrogen (secondary N) is 1. The van der Waals surface area contributed by atoms with E-state index in [9.17, 15) is 13.2 Å². The number of anilines is 1. The third-order valence-corrected chi connectivity index (χ3v) is 5.52. The van der Waals surface area contributed by atoms with E-state index in [0.29, 0.717) is 24.9 Å². The van der Waals surface area contributed by atoms with Gasteiger partial charge in [-0.15, -0.1) is 12.4 Å². The number of halogens is 1. The minimum absolute atomic E-state index is 0. The van der Waals surface area contributed by atoms with Crippen molar-refractivity contribution in [3.8, 4) is 0 Å². The summed E-state index contributed by atoms with van der Waals surface area (Å²) in [7, 11) is -3.01. The fourth-order valence-corrected chi connectivity index (χ4v) is 4.61. The van der Waals surface area contributed by atoms with E-state index in [4.69, 9.17) is 5.73 Å². The van der Waals surface area contributed by atoms with Crippen molar-refractivity contribution >= 4 is 33.8 Å². The van der Waals surface area contributed by atoms with Crippen LogP contribution in [0.2, 0.25) is 0 Å². The lowest BCUT2D eigenvalue weighted by atomic mass is 10.0. The van der Waals surface area contributed by atoms with Gasteiger partial charge in [0.15, 0.2) is 9.84 Å². The maximum Gasteiger partial charge on any atom is 0.220 e. The summed E-state index contributed by atoms with van der Waals surface area (Å²) in [6, 6.07) is 7.43. The Bertz CT molecular complexity index is 618. The van der Waals surface area contributed by atoms with Gasteiger partial charge in [0.1, 0.15) is 0 Å². The molecule has 1 aliphatic heterocycles. The second kappa shape index (κ2) is 6.66. The maximum atomic E-state index is 12.0. The summed E-state index contributed by atoms with van der Waals surface area (Å²) in [5.74, 6) is 0.0436. The Morgan fingerprint density at radius 2 is 2.05 bits per heavy atom. The van der Waals surface area contributed by atoms with Gasteiger partial charge in [-0.2, -0.15) is 0 Å². The number of nitrogen functional groups attached to an aromatic ring is 1. The van der Waals surface area contributed by atoms with Gasteiger partial charge in [-0.1, -0.05) is 18.2 Å². The average molecular weight is 333 g/mol. The van der Waals surface area contributed by atoms with Gasteiger partial charge < -0.3 is 11.1 Å². The first-order chi connectivity index (χ1) is 9.30. The number of benzene rings is 1. The standard InChI is InChI=1S/C14H20N2O3S.ClH/c1-14(8-9-20(18,19)10-14)16-13(17)7-6-11-4-2-3-5-12(11)15;/h2-5H,6-10,15H2,1H3,(H,16,17);1H. The average Bonchev–Trinajstić information content (AvgIpc) is 2.62. The summed E-state index contributed by atoms with van der Waals surface area (Å²) < 4.78 is 23.0. The van der Waals surface area contributed by atoms with Crippen LogP contribution in [0.5, 0.6) is 0 Å². The van der Waals surface area contributed by atoms with Gasteiger partial charge in [0, 0.05) is 12.1 Å². The maximum absolute atomic E-state index is 12.0. The van der Waals surface area contributed by atoms with Gasteiger partial charge in [-0.25, -0.2) is 8.42 Å². The normalized spacial score (nSPS) is 23.3. The van der Waals surface area contributed by atoms with Crippen LogP contribution in [0.25, 0.3) is 0 Å². The molecule has 0 bridgehead atoms. The molecule has 0 saturated carbocycles. The Kier molecular flexibility index (Phi) is 5.64. The molecule has 0 aromatic heterocycles. The van der Waals surface area contributed by atoms with E-state index in [0.717, 1.165) is 5.56 Å². The van der Waals surface area contributed by atoms with Gasteiger partial charge in [-0.05, 0) is 31.4 Å². The number of aryl methyl sites for hydroxylation is 1. The highest BCUT2D eigenvalue weighted by atomic mass is 35.5. The van der Waals surface area contributed by atoms with Gasteiger partial charge in [0.2, 0.25) is 5.91 Å². The number of carbonyl (C=O) groups excluding carboxylic acids is 1. The van der Waals surface area contributed by atoms with Crippen molar-refractivity contribution < 1.29 is 13.2 Å². The van der Waals surface area contributed by atoms with E-state index in [2.05, 4.69) is 5.32 Å². The predicted molar refractivity (Wildman–Crippen MR) is 86.2 cm³/mol. The monoisotopic (exact) mass is 332 g/mol. The van der Waals surface area contributed by atoms with Gasteiger partial charge in [0.25, 0.3) is 0 Å². The molecule has 7 heteroatoms. The van der Waals surface area contributed by atoms with Crippen molar-refractivity contribution in [2.45, 2.75) is 31.7 Å². The zero-order valence-electron chi connectivity index (χ0n) is 12.0. The smallest absolute Gasteiger partial charge is 0.220 e. The molecular weight excluding hydrogens is 312 g/mol. The number of rotatable bonds is 4. The summed E-state index contributed by atoms with van der Waals surface area (Å²) >= 11 is 0. The Morgan fingerprint density at radius 3 is 2.62 bits per heavy atom. The lowest BCUT2D eigenvalue weighted by molar-refractivity contribution is -0.122. The quantitative estimate of drug-likeness (QED) is 0.814. The van der Waals surface area contributed by atoms with Crippen LogP contribution in [0.15, 0.2) is 24.3 Å². The zero-order chi connectivity index (χ0) is 14.8. The van der Waals surface area contributed by atoms with Crippen LogP contribution in [-0.2, 0) is 21.1 Å². The fraction of sp³-hybridized carbons (Fsp3) is 0.500. The van der Waals surface area contributed by atoms with Gasteiger partial charge in [0.05, 0.1) is 17.0 Å². The number of hydrogen-bond donors (Lipinski definition) is 2. The first-order valence-corrected chi connectivity index (χ1v) is 8.47. The molecule has 0 radical (unpaired) electrons. The van der Waals surface area contributed by atoms with Crippen molar-refractivity contribution in [3.05, 3.63) is 29.8 Å². The number of hydrogen-bond acceptors (Lipinski definition) is 4. The highest BCUT2D eigenvalue weighted by Crippen LogP contribution is 2.23. The molecule has 0 aliphatic carbocycles. The molecule has 1 fully saturated rings. The minimum Gasteiger partial charge on any atom is -0.399 e. The molecule has 0 spiro atoms. The summed E-state index contributed by atoms with van der Waals surface area (Å²) in [6.45, 7) is 1.78. The molecule has 1 heterocycles. The molecule has 3 N–H and O–H groups in total. The van der Waals surface area contributed by atoms with Crippen LogP contribution in [0, 0.1) is 0 Å². The Hall–Kier alpha value is -1.27. The molecule has 1 aromatic carbocycles. The third-order valence-electron chi connectivity index (χ3n) is 3.62. The summed E-state index contributed by atoms with van der Waals surface area (Å²) in [5.41, 5.74) is 6.81. The van der Waals surface area contributed by atoms with Gasteiger partial charge >= 0.3 is 0 Å². The lowest BCUT2D eigenvalue weighted by Crippen LogP contribution is -2.47. The van der Waals surface area contributed by atoms with E-state index in [-0.39, 0.29) is 29.8 Å². The van der Waals surface area contributed by atoms with E-state index in [1.807, 2.05) is 18.2 Å². The molecule has 1 atom stereocenters. The highest BCUT2D eigenvalue weighted by Gasteiger charge is 2.39. The van der Waals surface area contributed by atoms with Gasteiger partial charge in [-0.3, -0.25) is 4.79 Å². The van der Waals surface area contributed by atoms with Crippen LogP contribution in [-0.4, -0.2) is 31.4 Å². The lowest BCUT2D eigenvalue weighted by Gasteiger charge is -2.23. The molecule has 21 heavy (non-hydrogen) atoms. The second-order valence-corrected chi connectivity index (χ2v) is 7.83. The van der Waals surface area contributed by atoms with Crippen LogP contribution in [0.3, 0.4) is 0 Å². The SMILES string of the molecule is CC1(NC(=O)CCc2ccccc2N)CCS(=O)(=O)C1.Cl. The Morgan fingerprint density at radius 1 is 1.38 bits per heavy atom. The van der Waals surface area contributed by atoms with Crippen molar-refractivity contribution in [3.63, 3.8) is 0 Å². The first-order valence-electron chi connectivity index (χ1n) is 6.65. The summed E-state index contributed by atoms with van der Waals surface area (Å²) in [4.78, 5) is 12.0. The van der Waals surface area contributed by atoms with E-state index >= 15 is 0 Å². The first kappa shape index (κ1) is 17.8. The minimum atomic E-state index is -3.01. The second-order valence-electron chi connectivity index (χ2n) is 5.65. The summed E-state index contributed by atoms with van der Waals surface area (Å²) in [5, 5.41) is 2.84. The van der Waals surface area contributed by atoms with Crippen LogP contribution in [0.4, 0.5) is 5.69 Å². The molecule has 118 valence electrons. The molecular formula is C14H21ClN2O3S. The zero-order valence-corrected chi connectivity index (χ0v) is 13.6. The van der Waals surface area contributed by atoms with Crippen molar-refractivity contribution in [1.82, 2.24) is 5.32 Å². The largest absolute Gasteiger partial charge is 0.399 e. The molecule has 1 unspecified atom stereocenters. The van der Waals surface area contributed by atoms with Crippen LogP contribution in [0.1, 0.15) is 25.3 Å². The van der Waals surface area contributed by atoms with Crippen molar-refractivity contribution in [2.75, 3.05) is 17.2 Å². The molecule has 2 rings (SSSR count). The van der Waals surface area contributed by atoms with E-state index in [1.165, 1.54) is 0 Å². The topological polar surface area (TPSA) is 89.3 Å². The third kappa shape index (κ3) is 4.89. The summed E-state index contributed by atoms with van der Waals surface area (Å²) in [6.07, 6.45) is 1.35. The number of nitrogens with two attached hydrogens (primary N) is 1. The molecule has 1 aromatic rings. The number of amides is 1. The van der Waals surface area contributed by atoms with Crippen LogP contribution >= 0.6 is 12.4 Å².